The number of nitrogens with zero attached hydrogens (tertiary/aromatic N) is 1. The second-order valence-electron chi connectivity index (χ2n) is 3.29. The van der Waals surface area contributed by atoms with Crippen LogP contribution in [0.25, 0.3) is 0 Å². The zero-order valence-corrected chi connectivity index (χ0v) is 8.40. The summed E-state index contributed by atoms with van der Waals surface area (Å²) >= 11 is 0. The molecule has 1 rings (SSSR count). The largest absolute Gasteiger partial charge is 0.368 e. The molecule has 14 heavy (non-hydrogen) atoms. The number of hydrogen-bond acceptors (Lipinski definition) is 3. The Bertz CT molecular complexity index is 299. The second-order valence-corrected chi connectivity index (χ2v) is 3.29. The minimum Gasteiger partial charge on any atom is -0.368 e. The summed E-state index contributed by atoms with van der Waals surface area (Å²) in [6, 6.07) is 3.59. The van der Waals surface area contributed by atoms with Crippen molar-refractivity contribution < 1.29 is 4.79 Å². The lowest BCUT2D eigenvalue weighted by Crippen LogP contribution is -2.39. The molecule has 0 saturated carbocycles. The highest BCUT2D eigenvalue weighted by Crippen LogP contribution is 2.10. The molecule has 0 radical (unpaired) electrons. The standard InChI is InChI=1S/C10H15N3O/c1-7(13-8(2)10(11)14)9-3-5-12-6-4-9/h3-8,13H,1-2H3,(H2,11,14)/t7-,8?/m1/s1. The molecule has 76 valence electrons. The lowest BCUT2D eigenvalue weighted by molar-refractivity contribution is -0.119. The van der Waals surface area contributed by atoms with Crippen LogP contribution in [-0.2, 0) is 4.79 Å². The molecular formula is C10H15N3O. The van der Waals surface area contributed by atoms with Crippen LogP contribution >= 0.6 is 0 Å². The Labute approximate surface area is 83.5 Å². The third-order valence-corrected chi connectivity index (χ3v) is 2.13. The van der Waals surface area contributed by atoms with Crippen LogP contribution in [0.3, 0.4) is 0 Å². The van der Waals surface area contributed by atoms with E-state index in [1.807, 2.05) is 19.1 Å². The molecule has 3 N–H and O–H groups in total. The molecule has 0 aliphatic carbocycles. The maximum Gasteiger partial charge on any atom is 0.234 e. The van der Waals surface area contributed by atoms with Crippen LogP contribution in [0.4, 0.5) is 0 Å². The van der Waals surface area contributed by atoms with Crippen molar-refractivity contribution in [2.24, 2.45) is 5.73 Å². The van der Waals surface area contributed by atoms with Gasteiger partial charge in [0.1, 0.15) is 0 Å². The maximum absolute atomic E-state index is 10.8. The van der Waals surface area contributed by atoms with Crippen LogP contribution < -0.4 is 11.1 Å². The third kappa shape index (κ3) is 2.81. The van der Waals surface area contributed by atoms with E-state index in [0.29, 0.717) is 0 Å². The first-order valence-electron chi connectivity index (χ1n) is 4.56. The predicted octanol–water partition coefficient (Wildman–Crippen LogP) is 0.606. The molecule has 4 nitrogen and oxygen atoms in total. The van der Waals surface area contributed by atoms with Crippen LogP contribution in [-0.4, -0.2) is 16.9 Å². The lowest BCUT2D eigenvalue weighted by Gasteiger charge is -2.17. The number of rotatable bonds is 4. The van der Waals surface area contributed by atoms with Gasteiger partial charge in [-0.15, -0.1) is 0 Å². The number of amides is 1. The van der Waals surface area contributed by atoms with Gasteiger partial charge >= 0.3 is 0 Å². The van der Waals surface area contributed by atoms with Gasteiger partial charge in [-0.3, -0.25) is 15.1 Å². The van der Waals surface area contributed by atoms with Crippen LogP contribution in [0.15, 0.2) is 24.5 Å². The number of hydrogen-bond donors (Lipinski definition) is 2. The van der Waals surface area contributed by atoms with Gasteiger partial charge < -0.3 is 5.73 Å². The Hall–Kier alpha value is -1.42. The molecule has 0 bridgehead atoms. The van der Waals surface area contributed by atoms with E-state index in [-0.39, 0.29) is 18.0 Å². The Morgan fingerprint density at radius 1 is 1.43 bits per heavy atom. The monoisotopic (exact) mass is 193 g/mol. The number of primary amides is 1. The minimum absolute atomic E-state index is 0.0977. The van der Waals surface area contributed by atoms with E-state index in [0.717, 1.165) is 5.56 Å². The number of aromatic nitrogens is 1. The summed E-state index contributed by atoms with van der Waals surface area (Å²) in [5.41, 5.74) is 6.24. The summed E-state index contributed by atoms with van der Waals surface area (Å²) in [6.45, 7) is 3.73. The summed E-state index contributed by atoms with van der Waals surface area (Å²) in [5.74, 6) is -0.342. The quantitative estimate of drug-likeness (QED) is 0.736. The topological polar surface area (TPSA) is 68.0 Å². The number of carbonyl (C=O) groups excluding carboxylic acids is 1. The third-order valence-electron chi connectivity index (χ3n) is 2.13. The van der Waals surface area contributed by atoms with Gasteiger partial charge in [0.25, 0.3) is 0 Å². The van der Waals surface area contributed by atoms with E-state index < -0.39 is 0 Å². The van der Waals surface area contributed by atoms with E-state index in [9.17, 15) is 4.79 Å². The zero-order valence-electron chi connectivity index (χ0n) is 8.40. The molecular weight excluding hydrogens is 178 g/mol. The predicted molar refractivity (Wildman–Crippen MR) is 54.4 cm³/mol. The summed E-state index contributed by atoms with van der Waals surface area (Å²) < 4.78 is 0. The van der Waals surface area contributed by atoms with Gasteiger partial charge in [-0.25, -0.2) is 0 Å². The fraction of sp³-hybridized carbons (Fsp3) is 0.400. The Kier molecular flexibility index (Phi) is 3.59. The maximum atomic E-state index is 10.8. The van der Waals surface area contributed by atoms with Crippen molar-refractivity contribution in [1.82, 2.24) is 10.3 Å². The van der Waals surface area contributed by atoms with Crippen molar-refractivity contribution in [1.29, 1.82) is 0 Å². The van der Waals surface area contributed by atoms with Crippen molar-refractivity contribution in [2.75, 3.05) is 0 Å². The fourth-order valence-corrected chi connectivity index (χ4v) is 1.21. The first kappa shape index (κ1) is 10.7. The van der Waals surface area contributed by atoms with Gasteiger partial charge in [0, 0.05) is 18.4 Å². The van der Waals surface area contributed by atoms with E-state index in [2.05, 4.69) is 10.3 Å². The van der Waals surface area contributed by atoms with Crippen LogP contribution in [0.5, 0.6) is 0 Å². The molecule has 2 atom stereocenters. The first-order chi connectivity index (χ1) is 6.61. The molecule has 0 aliphatic rings. The van der Waals surface area contributed by atoms with Crippen molar-refractivity contribution in [3.63, 3.8) is 0 Å². The van der Waals surface area contributed by atoms with Crippen molar-refractivity contribution in [2.45, 2.75) is 25.9 Å². The number of carbonyl (C=O) groups is 1. The fourth-order valence-electron chi connectivity index (χ4n) is 1.21. The highest BCUT2D eigenvalue weighted by Gasteiger charge is 2.12. The summed E-state index contributed by atoms with van der Waals surface area (Å²) in [6.07, 6.45) is 3.45. The van der Waals surface area contributed by atoms with Crippen LogP contribution in [0.1, 0.15) is 25.5 Å². The summed E-state index contributed by atoms with van der Waals surface area (Å²) in [5, 5.41) is 3.09. The van der Waals surface area contributed by atoms with Crippen molar-refractivity contribution in [3.05, 3.63) is 30.1 Å². The molecule has 0 fully saturated rings. The van der Waals surface area contributed by atoms with Crippen molar-refractivity contribution >= 4 is 5.91 Å². The SMILES string of the molecule is CC(N[C@H](C)c1ccncc1)C(N)=O. The summed E-state index contributed by atoms with van der Waals surface area (Å²) in [7, 11) is 0. The van der Waals surface area contributed by atoms with Crippen molar-refractivity contribution in [3.8, 4) is 0 Å². The van der Waals surface area contributed by atoms with E-state index in [1.54, 1.807) is 19.3 Å². The first-order valence-corrected chi connectivity index (χ1v) is 4.56. The lowest BCUT2D eigenvalue weighted by atomic mass is 10.1. The highest BCUT2D eigenvalue weighted by atomic mass is 16.1. The molecule has 1 aromatic heterocycles. The van der Waals surface area contributed by atoms with Gasteiger partial charge in [0.15, 0.2) is 0 Å². The zero-order chi connectivity index (χ0) is 10.6. The van der Waals surface area contributed by atoms with Crippen LogP contribution in [0, 0.1) is 0 Å². The average molecular weight is 193 g/mol. The average Bonchev–Trinajstić information content (AvgIpc) is 2.19. The van der Waals surface area contributed by atoms with E-state index >= 15 is 0 Å². The molecule has 1 unspecified atom stereocenters. The van der Waals surface area contributed by atoms with Crippen LogP contribution in [0.2, 0.25) is 0 Å². The molecule has 0 aromatic carbocycles. The minimum atomic E-state index is -0.342. The van der Waals surface area contributed by atoms with Gasteiger partial charge in [0.2, 0.25) is 5.91 Å². The second kappa shape index (κ2) is 4.72. The highest BCUT2D eigenvalue weighted by molar-refractivity contribution is 5.79. The smallest absolute Gasteiger partial charge is 0.234 e. The molecule has 0 saturated heterocycles. The van der Waals surface area contributed by atoms with E-state index in [1.165, 1.54) is 0 Å². The summed E-state index contributed by atoms with van der Waals surface area (Å²) in [4.78, 5) is 14.7. The Morgan fingerprint density at radius 3 is 2.50 bits per heavy atom. The Balaban J connectivity index is 2.59. The molecule has 1 heterocycles. The van der Waals surface area contributed by atoms with Gasteiger partial charge in [0.05, 0.1) is 6.04 Å². The number of pyridine rings is 1. The molecule has 4 heteroatoms. The Morgan fingerprint density at radius 2 is 2.00 bits per heavy atom. The van der Waals surface area contributed by atoms with E-state index in [4.69, 9.17) is 5.73 Å². The molecule has 1 aromatic rings. The van der Waals surface area contributed by atoms with Gasteiger partial charge in [-0.2, -0.15) is 0 Å². The van der Waals surface area contributed by atoms with Gasteiger partial charge in [-0.1, -0.05) is 0 Å². The number of nitrogens with two attached hydrogens (primary N) is 1. The number of nitrogens with one attached hydrogen (secondary N) is 1. The molecule has 1 amide bonds. The molecule has 0 aliphatic heterocycles. The normalized spacial score (nSPS) is 14.7. The molecule has 0 spiro atoms. The van der Waals surface area contributed by atoms with Gasteiger partial charge in [-0.05, 0) is 31.5 Å².